The van der Waals surface area contributed by atoms with Gasteiger partial charge in [0.2, 0.25) is 12.7 Å². The van der Waals surface area contributed by atoms with E-state index in [1.54, 1.807) is 36.5 Å². The minimum absolute atomic E-state index is 0.0851. The van der Waals surface area contributed by atoms with Crippen LogP contribution >= 0.6 is 34.2 Å². The van der Waals surface area contributed by atoms with E-state index in [9.17, 15) is 19.5 Å². The third kappa shape index (κ3) is 6.87. The zero-order valence-electron chi connectivity index (χ0n) is 20.8. The molecule has 0 fully saturated rings. The van der Waals surface area contributed by atoms with Crippen molar-refractivity contribution in [1.82, 2.24) is 9.88 Å². The number of hydrogen-bond acceptors (Lipinski definition) is 5. The van der Waals surface area contributed by atoms with E-state index in [1.165, 1.54) is 4.57 Å². The van der Waals surface area contributed by atoms with Gasteiger partial charge in [-0.25, -0.2) is 0 Å². The summed E-state index contributed by atoms with van der Waals surface area (Å²) < 4.78 is 13.1. The topological polar surface area (TPSA) is 107 Å². The number of aromatic nitrogens is 1. The Hall–Kier alpha value is -3.05. The molecule has 8 nitrogen and oxygen atoms in total. The molecule has 2 unspecified atom stereocenters. The lowest BCUT2D eigenvalue weighted by Crippen LogP contribution is -2.40. The van der Waals surface area contributed by atoms with Crippen LogP contribution in [0.1, 0.15) is 61.4 Å². The maximum Gasteiger partial charge on any atom is 0.305 e. The molecular weight excluding hydrogens is 623 g/mol. The summed E-state index contributed by atoms with van der Waals surface area (Å²) in [5.74, 6) is -0.414. The molecule has 1 aromatic heterocycles. The van der Waals surface area contributed by atoms with Gasteiger partial charge in [0, 0.05) is 26.8 Å². The molecule has 1 aliphatic rings. The second-order valence-corrected chi connectivity index (χ2v) is 10.8. The fourth-order valence-corrected chi connectivity index (χ4v) is 5.22. The van der Waals surface area contributed by atoms with Crippen molar-refractivity contribution in [3.05, 3.63) is 90.4 Å². The lowest BCUT2D eigenvalue weighted by molar-refractivity contribution is -0.138. The average Bonchev–Trinajstić information content (AvgIpc) is 3.35. The number of ether oxygens (including phenoxy) is 2. The van der Waals surface area contributed by atoms with Crippen LogP contribution in [0.2, 0.25) is 5.02 Å². The molecule has 10 heteroatoms. The summed E-state index contributed by atoms with van der Waals surface area (Å²) in [6.45, 7) is 2.10. The van der Waals surface area contributed by atoms with Gasteiger partial charge in [-0.15, -0.1) is 0 Å². The predicted octanol–water partition coefficient (Wildman–Crippen LogP) is 5.49. The molecule has 2 aromatic carbocycles. The molecule has 0 saturated carbocycles. The minimum atomic E-state index is -1.06. The zero-order chi connectivity index (χ0) is 27.2. The van der Waals surface area contributed by atoms with E-state index < -0.39 is 24.0 Å². The highest BCUT2D eigenvalue weighted by Gasteiger charge is 2.28. The Labute approximate surface area is 239 Å². The largest absolute Gasteiger partial charge is 0.481 e. The molecule has 38 heavy (non-hydrogen) atoms. The molecule has 1 aliphatic heterocycles. The van der Waals surface area contributed by atoms with Crippen LogP contribution in [-0.2, 0) is 16.0 Å². The van der Waals surface area contributed by atoms with E-state index in [-0.39, 0.29) is 18.8 Å². The van der Waals surface area contributed by atoms with Crippen LogP contribution < -0.4 is 20.3 Å². The first kappa shape index (κ1) is 28.0. The van der Waals surface area contributed by atoms with E-state index >= 15 is 0 Å². The first-order valence-electron chi connectivity index (χ1n) is 12.3. The number of pyridine rings is 1. The fraction of sp³-hybridized carbons (Fsp3) is 0.321. The number of halogens is 2. The van der Waals surface area contributed by atoms with Gasteiger partial charge in [0.15, 0.2) is 11.5 Å². The number of nitrogens with zero attached hydrogens (tertiary/aromatic N) is 1. The van der Waals surface area contributed by atoms with Gasteiger partial charge < -0.3 is 24.5 Å². The van der Waals surface area contributed by atoms with Gasteiger partial charge >= 0.3 is 5.97 Å². The minimum Gasteiger partial charge on any atom is -0.481 e. The van der Waals surface area contributed by atoms with Gasteiger partial charge in [0.25, 0.3) is 5.56 Å². The van der Waals surface area contributed by atoms with Crippen molar-refractivity contribution < 1.29 is 24.2 Å². The first-order valence-corrected chi connectivity index (χ1v) is 13.8. The monoisotopic (exact) mass is 650 g/mol. The van der Waals surface area contributed by atoms with Crippen LogP contribution in [0, 0.1) is 3.57 Å². The molecule has 0 aliphatic carbocycles. The van der Waals surface area contributed by atoms with Crippen LogP contribution in [0.25, 0.3) is 0 Å². The van der Waals surface area contributed by atoms with Crippen molar-refractivity contribution in [2.45, 2.75) is 51.1 Å². The van der Waals surface area contributed by atoms with Crippen LogP contribution in [0.15, 0.2) is 59.5 Å². The van der Waals surface area contributed by atoms with Crippen molar-refractivity contribution in [3.8, 4) is 11.5 Å². The summed E-state index contributed by atoms with van der Waals surface area (Å²) >= 11 is 8.15. The van der Waals surface area contributed by atoms with Gasteiger partial charge in [0.05, 0.1) is 12.5 Å². The Bertz CT molecular complexity index is 1370. The number of amides is 1. The van der Waals surface area contributed by atoms with Crippen LogP contribution in [0.3, 0.4) is 0 Å². The van der Waals surface area contributed by atoms with Crippen LogP contribution in [-0.4, -0.2) is 28.3 Å². The summed E-state index contributed by atoms with van der Waals surface area (Å²) in [6, 6.07) is 12.6. The molecule has 2 heterocycles. The van der Waals surface area contributed by atoms with Gasteiger partial charge in [-0.1, -0.05) is 49.6 Å². The number of nitrogens with one attached hydrogen (secondary N) is 1. The number of aliphatic carboxylic acids is 1. The number of carbonyl (C=O) groups excluding carboxylic acids is 1. The summed E-state index contributed by atoms with van der Waals surface area (Å²) in [6.07, 6.45) is 3.74. The third-order valence-electron chi connectivity index (χ3n) is 6.36. The molecular formula is C28H28ClIN2O6. The summed E-state index contributed by atoms with van der Waals surface area (Å²) in [5.41, 5.74) is 1.82. The summed E-state index contributed by atoms with van der Waals surface area (Å²) in [5, 5.41) is 13.1. The van der Waals surface area contributed by atoms with Crippen molar-refractivity contribution in [2.75, 3.05) is 6.79 Å². The molecule has 2 N–H and O–H groups in total. The maximum absolute atomic E-state index is 13.7. The van der Waals surface area contributed by atoms with Crippen molar-refractivity contribution in [2.24, 2.45) is 0 Å². The van der Waals surface area contributed by atoms with Gasteiger partial charge in [-0.05, 0) is 70.5 Å². The Balaban J connectivity index is 1.65. The number of carboxylic acids is 1. The van der Waals surface area contributed by atoms with Crippen LogP contribution in [0.4, 0.5) is 0 Å². The van der Waals surface area contributed by atoms with Crippen molar-refractivity contribution in [1.29, 1.82) is 0 Å². The number of fused-ring (bicyclic) bond motifs is 1. The van der Waals surface area contributed by atoms with Gasteiger partial charge in [-0.3, -0.25) is 14.4 Å². The lowest BCUT2D eigenvalue weighted by Gasteiger charge is -2.24. The molecule has 4 rings (SSSR count). The maximum atomic E-state index is 13.7. The zero-order valence-corrected chi connectivity index (χ0v) is 23.7. The van der Waals surface area contributed by atoms with E-state index in [1.807, 2.05) is 25.1 Å². The second kappa shape index (κ2) is 12.7. The SMILES string of the molecule is CCCCC(C(=O)NC(CC(=O)O)c1ccc2c(c1)OCO2)n1cc(I)cc(Cc2ccc(Cl)cc2)c1=O. The Kier molecular flexibility index (Phi) is 9.32. The molecule has 2 atom stereocenters. The van der Waals surface area contributed by atoms with Crippen molar-refractivity contribution >= 4 is 46.1 Å². The van der Waals surface area contributed by atoms with E-state index in [2.05, 4.69) is 27.9 Å². The highest BCUT2D eigenvalue weighted by Crippen LogP contribution is 2.35. The number of hydrogen-bond donors (Lipinski definition) is 2. The van der Waals surface area contributed by atoms with Gasteiger partial charge in [0.1, 0.15) is 6.04 Å². The molecule has 0 spiro atoms. The Morgan fingerprint density at radius 3 is 2.58 bits per heavy atom. The third-order valence-corrected chi connectivity index (χ3v) is 7.20. The Morgan fingerprint density at radius 1 is 1.13 bits per heavy atom. The first-order chi connectivity index (χ1) is 18.2. The van der Waals surface area contributed by atoms with E-state index in [4.69, 9.17) is 21.1 Å². The quantitative estimate of drug-likeness (QED) is 0.266. The number of unbranched alkanes of at least 4 members (excludes halogenated alkanes) is 1. The summed E-state index contributed by atoms with van der Waals surface area (Å²) in [7, 11) is 0. The fourth-order valence-electron chi connectivity index (χ4n) is 4.42. The normalized spacial score (nSPS) is 13.7. The molecule has 0 bridgehead atoms. The number of carbonyl (C=O) groups is 2. The molecule has 0 radical (unpaired) electrons. The molecule has 1 amide bonds. The van der Waals surface area contributed by atoms with Crippen molar-refractivity contribution in [3.63, 3.8) is 0 Å². The standard InChI is InChI=1S/C28H28ClIN2O6/c1-2-3-4-23(32-15-21(30)12-19(28(32)36)11-17-5-8-20(29)9-6-17)27(35)31-22(14-26(33)34)18-7-10-24-25(13-18)38-16-37-24/h5-10,12-13,15,22-23H,2-4,11,14,16H2,1H3,(H,31,35)(H,33,34). The van der Waals surface area contributed by atoms with E-state index in [0.29, 0.717) is 40.5 Å². The smallest absolute Gasteiger partial charge is 0.305 e. The highest BCUT2D eigenvalue weighted by molar-refractivity contribution is 14.1. The Morgan fingerprint density at radius 2 is 1.87 bits per heavy atom. The van der Waals surface area contributed by atoms with E-state index in [0.717, 1.165) is 22.0 Å². The molecule has 200 valence electrons. The summed E-state index contributed by atoms with van der Waals surface area (Å²) in [4.78, 5) is 39.0. The molecule has 0 saturated heterocycles. The highest BCUT2D eigenvalue weighted by atomic mass is 127. The average molecular weight is 651 g/mol. The predicted molar refractivity (Wildman–Crippen MR) is 152 cm³/mol. The lowest BCUT2D eigenvalue weighted by atomic mass is 10.0. The number of carboxylic acid groups (broad SMARTS) is 1. The molecule has 3 aromatic rings. The van der Waals surface area contributed by atoms with Gasteiger partial charge in [-0.2, -0.15) is 0 Å². The second-order valence-electron chi connectivity index (χ2n) is 9.13. The number of benzene rings is 2. The van der Waals surface area contributed by atoms with Crippen LogP contribution in [0.5, 0.6) is 11.5 Å². The number of rotatable bonds is 11.